The Hall–Kier alpha value is -1.99. The van der Waals surface area contributed by atoms with Crippen LogP contribution in [0.25, 0.3) is 0 Å². The van der Waals surface area contributed by atoms with Crippen molar-refractivity contribution in [2.45, 2.75) is 28.7 Å². The van der Waals surface area contributed by atoms with E-state index in [1.165, 1.54) is 11.4 Å². The van der Waals surface area contributed by atoms with Crippen molar-refractivity contribution in [3.05, 3.63) is 54.1 Å². The quantitative estimate of drug-likeness (QED) is 0.787. The van der Waals surface area contributed by atoms with E-state index in [2.05, 4.69) is 5.32 Å². The van der Waals surface area contributed by atoms with Gasteiger partial charge in [0.15, 0.2) is 0 Å². The predicted octanol–water partition coefficient (Wildman–Crippen LogP) is 3.13. The fourth-order valence-electron chi connectivity index (χ4n) is 2.36. The zero-order valence-corrected chi connectivity index (χ0v) is 15.7. The van der Waals surface area contributed by atoms with Crippen molar-refractivity contribution in [3.8, 4) is 0 Å². The molecular formula is C18H20N2O3S2. The summed E-state index contributed by atoms with van der Waals surface area (Å²) in [5.74, 6) is -0.118. The number of sulfonamides is 1. The Bertz CT molecular complexity index is 858. The lowest BCUT2D eigenvalue weighted by atomic mass is 10.2. The number of amides is 1. The first kappa shape index (κ1) is 17.8. The smallest absolute Gasteiger partial charge is 0.264 e. The van der Waals surface area contributed by atoms with Crippen LogP contribution in [0.15, 0.2) is 58.3 Å². The van der Waals surface area contributed by atoms with Gasteiger partial charge in [-0.05, 0) is 67.6 Å². The molecule has 1 saturated carbocycles. The highest BCUT2D eigenvalue weighted by molar-refractivity contribution is 7.98. The van der Waals surface area contributed by atoms with Crippen LogP contribution in [0.4, 0.5) is 5.69 Å². The monoisotopic (exact) mass is 376 g/mol. The van der Waals surface area contributed by atoms with Crippen molar-refractivity contribution in [1.82, 2.24) is 5.32 Å². The lowest BCUT2D eigenvalue weighted by Gasteiger charge is -2.20. The molecule has 1 aliphatic rings. The van der Waals surface area contributed by atoms with Crippen LogP contribution >= 0.6 is 11.8 Å². The van der Waals surface area contributed by atoms with Gasteiger partial charge >= 0.3 is 0 Å². The molecule has 0 radical (unpaired) electrons. The van der Waals surface area contributed by atoms with Crippen LogP contribution in [0, 0.1) is 0 Å². The van der Waals surface area contributed by atoms with Gasteiger partial charge in [-0.25, -0.2) is 8.42 Å². The van der Waals surface area contributed by atoms with Gasteiger partial charge in [-0.3, -0.25) is 9.10 Å². The number of anilines is 1. The molecule has 1 amide bonds. The van der Waals surface area contributed by atoms with Crippen molar-refractivity contribution in [2.75, 3.05) is 17.6 Å². The summed E-state index contributed by atoms with van der Waals surface area (Å²) in [6.07, 6.45) is 4.00. The molecule has 5 nitrogen and oxygen atoms in total. The molecule has 1 aliphatic carbocycles. The molecule has 132 valence electrons. The molecule has 3 rings (SSSR count). The number of carbonyl (C=O) groups excluding carboxylic acids is 1. The maximum Gasteiger partial charge on any atom is 0.264 e. The lowest BCUT2D eigenvalue weighted by molar-refractivity contribution is 0.0951. The van der Waals surface area contributed by atoms with Crippen LogP contribution in [0.1, 0.15) is 23.2 Å². The van der Waals surface area contributed by atoms with Crippen LogP contribution in [-0.4, -0.2) is 33.7 Å². The molecule has 0 heterocycles. The SMILES string of the molecule is CSc1ccc(S(=O)(=O)N(C)c2ccc(C(=O)NC3CC3)cc2)cc1. The standard InChI is InChI=1S/C18H20N2O3S2/c1-20(25(22,23)17-11-9-16(24-2)10-12-17)15-7-3-13(4-8-15)18(21)19-14-5-6-14/h3-4,7-12,14H,5-6H2,1-2H3,(H,19,21). The van der Waals surface area contributed by atoms with E-state index in [4.69, 9.17) is 0 Å². The highest BCUT2D eigenvalue weighted by Crippen LogP contribution is 2.25. The minimum atomic E-state index is -3.64. The topological polar surface area (TPSA) is 66.5 Å². The fourth-order valence-corrected chi connectivity index (χ4v) is 3.97. The molecule has 0 unspecified atom stereocenters. The van der Waals surface area contributed by atoms with E-state index in [0.717, 1.165) is 17.7 Å². The Morgan fingerprint density at radius 3 is 2.20 bits per heavy atom. The summed E-state index contributed by atoms with van der Waals surface area (Å²) in [5, 5.41) is 2.91. The predicted molar refractivity (Wildman–Crippen MR) is 101 cm³/mol. The summed E-state index contributed by atoms with van der Waals surface area (Å²) in [6.45, 7) is 0. The molecule has 1 N–H and O–H groups in total. The van der Waals surface area contributed by atoms with Crippen molar-refractivity contribution in [1.29, 1.82) is 0 Å². The van der Waals surface area contributed by atoms with Crippen LogP contribution in [0.3, 0.4) is 0 Å². The Kier molecular flexibility index (Phi) is 5.06. The summed E-state index contributed by atoms with van der Waals surface area (Å²) in [7, 11) is -2.12. The van der Waals surface area contributed by atoms with Gasteiger partial charge in [-0.2, -0.15) is 0 Å². The molecule has 7 heteroatoms. The van der Waals surface area contributed by atoms with Gasteiger partial charge in [0, 0.05) is 23.5 Å². The molecule has 0 aliphatic heterocycles. The molecule has 2 aromatic rings. The minimum Gasteiger partial charge on any atom is -0.349 e. The third-order valence-corrected chi connectivity index (χ3v) is 6.67. The number of nitrogens with zero attached hydrogens (tertiary/aromatic N) is 1. The Morgan fingerprint density at radius 1 is 1.08 bits per heavy atom. The summed E-state index contributed by atoms with van der Waals surface area (Å²) in [6, 6.07) is 13.7. The molecule has 2 aromatic carbocycles. The van der Waals surface area contributed by atoms with Gasteiger partial charge < -0.3 is 5.32 Å². The Morgan fingerprint density at radius 2 is 1.68 bits per heavy atom. The highest BCUT2D eigenvalue weighted by Gasteiger charge is 2.24. The van der Waals surface area contributed by atoms with E-state index < -0.39 is 10.0 Å². The van der Waals surface area contributed by atoms with E-state index in [9.17, 15) is 13.2 Å². The largest absolute Gasteiger partial charge is 0.349 e. The van der Waals surface area contributed by atoms with Crippen LogP contribution in [-0.2, 0) is 10.0 Å². The number of benzene rings is 2. The van der Waals surface area contributed by atoms with Crippen molar-refractivity contribution >= 4 is 33.4 Å². The van der Waals surface area contributed by atoms with E-state index in [1.807, 2.05) is 6.26 Å². The average Bonchev–Trinajstić information content (AvgIpc) is 3.45. The van der Waals surface area contributed by atoms with Gasteiger partial charge in [0.05, 0.1) is 10.6 Å². The van der Waals surface area contributed by atoms with Gasteiger partial charge in [0.1, 0.15) is 0 Å². The fraction of sp³-hybridized carbons (Fsp3) is 0.278. The first-order chi connectivity index (χ1) is 11.9. The van der Waals surface area contributed by atoms with Gasteiger partial charge in [-0.15, -0.1) is 11.8 Å². The molecule has 0 saturated heterocycles. The van der Waals surface area contributed by atoms with Crippen molar-refractivity contribution in [3.63, 3.8) is 0 Å². The summed E-state index contributed by atoms with van der Waals surface area (Å²) in [5.41, 5.74) is 1.04. The molecule has 0 spiro atoms. The van der Waals surface area contributed by atoms with Gasteiger partial charge in [0.2, 0.25) is 0 Å². The van der Waals surface area contributed by atoms with Crippen molar-refractivity contribution in [2.24, 2.45) is 0 Å². The number of carbonyl (C=O) groups is 1. The lowest BCUT2D eigenvalue weighted by Crippen LogP contribution is -2.27. The summed E-state index contributed by atoms with van der Waals surface area (Å²) in [4.78, 5) is 13.3. The average molecular weight is 377 g/mol. The summed E-state index contributed by atoms with van der Waals surface area (Å²) >= 11 is 1.56. The maximum absolute atomic E-state index is 12.7. The molecule has 0 aromatic heterocycles. The Balaban J connectivity index is 1.78. The molecule has 25 heavy (non-hydrogen) atoms. The zero-order valence-electron chi connectivity index (χ0n) is 14.1. The number of hydrogen-bond acceptors (Lipinski definition) is 4. The van der Waals surface area contributed by atoms with Gasteiger partial charge in [0.25, 0.3) is 15.9 Å². The van der Waals surface area contributed by atoms with E-state index >= 15 is 0 Å². The highest BCUT2D eigenvalue weighted by atomic mass is 32.2. The second-order valence-electron chi connectivity index (χ2n) is 5.94. The van der Waals surface area contributed by atoms with Crippen LogP contribution in [0.5, 0.6) is 0 Å². The zero-order chi connectivity index (χ0) is 18.0. The second kappa shape index (κ2) is 7.09. The molecular weight excluding hydrogens is 356 g/mol. The summed E-state index contributed by atoms with van der Waals surface area (Å²) < 4.78 is 26.7. The first-order valence-corrected chi connectivity index (χ1v) is 10.6. The number of nitrogens with one attached hydrogen (secondary N) is 1. The first-order valence-electron chi connectivity index (χ1n) is 7.96. The van der Waals surface area contributed by atoms with E-state index in [-0.39, 0.29) is 10.8 Å². The van der Waals surface area contributed by atoms with E-state index in [0.29, 0.717) is 17.3 Å². The maximum atomic E-state index is 12.7. The normalized spacial score (nSPS) is 14.2. The minimum absolute atomic E-state index is 0.118. The second-order valence-corrected chi connectivity index (χ2v) is 8.79. The molecule has 1 fully saturated rings. The number of thioether (sulfide) groups is 1. The Labute approximate surface area is 152 Å². The third kappa shape index (κ3) is 3.99. The third-order valence-electron chi connectivity index (χ3n) is 4.12. The van der Waals surface area contributed by atoms with E-state index in [1.54, 1.807) is 60.3 Å². The van der Waals surface area contributed by atoms with Crippen LogP contribution in [0.2, 0.25) is 0 Å². The number of hydrogen-bond donors (Lipinski definition) is 1. The number of rotatable bonds is 6. The molecule has 0 bridgehead atoms. The molecule has 0 atom stereocenters. The van der Waals surface area contributed by atoms with Crippen LogP contribution < -0.4 is 9.62 Å². The van der Waals surface area contributed by atoms with Gasteiger partial charge in [-0.1, -0.05) is 0 Å². The van der Waals surface area contributed by atoms with Crippen molar-refractivity contribution < 1.29 is 13.2 Å².